The molecular weight excluding hydrogens is 662 g/mol. The second-order valence-electron chi connectivity index (χ2n) is 10.2. The quantitative estimate of drug-likeness (QED) is 0.171. The van der Waals surface area contributed by atoms with Crippen molar-refractivity contribution in [1.82, 2.24) is 20.4 Å². The van der Waals surface area contributed by atoms with E-state index in [1.807, 2.05) is 0 Å². The normalized spacial score (nSPS) is 16.9. The van der Waals surface area contributed by atoms with Crippen molar-refractivity contribution in [3.05, 3.63) is 69.7 Å². The Hall–Kier alpha value is -4.32. The molecule has 46 heavy (non-hydrogen) atoms. The molecule has 0 spiro atoms. The number of hydrogen-bond acceptors (Lipinski definition) is 10. The van der Waals surface area contributed by atoms with Gasteiger partial charge in [-0.1, -0.05) is 65.5 Å². The molecule has 10 nitrogen and oxygen atoms in total. The molecule has 2 N–H and O–H groups in total. The van der Waals surface area contributed by atoms with Gasteiger partial charge in [0, 0.05) is 23.0 Å². The zero-order valence-electron chi connectivity index (χ0n) is 23.5. The van der Waals surface area contributed by atoms with Gasteiger partial charge in [0.15, 0.2) is 0 Å². The maximum Gasteiger partial charge on any atom is 0.573 e. The van der Waals surface area contributed by atoms with Crippen LogP contribution in [-0.4, -0.2) is 44.9 Å². The summed E-state index contributed by atoms with van der Waals surface area (Å²) < 4.78 is 84.2. The van der Waals surface area contributed by atoms with E-state index in [1.165, 1.54) is 59.1 Å². The minimum atomic E-state index is -4.90. The van der Waals surface area contributed by atoms with E-state index >= 15 is 0 Å². The first-order valence-corrected chi connectivity index (χ1v) is 15.4. The topological polar surface area (TPSA) is 128 Å². The number of halogens is 6. The van der Waals surface area contributed by atoms with E-state index in [1.54, 1.807) is 0 Å². The van der Waals surface area contributed by atoms with Crippen molar-refractivity contribution in [2.24, 2.45) is 0 Å². The number of para-hydroxylation sites is 2. The van der Waals surface area contributed by atoms with Gasteiger partial charge < -0.3 is 20.1 Å². The Morgan fingerprint density at radius 3 is 1.52 bits per heavy atom. The lowest BCUT2D eigenvalue weighted by Gasteiger charge is -2.25. The van der Waals surface area contributed by atoms with Crippen LogP contribution in [0.25, 0.3) is 0 Å². The fourth-order valence-electron chi connectivity index (χ4n) is 4.96. The third-order valence-corrected chi connectivity index (χ3v) is 8.85. The third kappa shape index (κ3) is 9.35. The smallest absolute Gasteiger partial charge is 0.405 e. The highest BCUT2D eigenvalue weighted by atomic mass is 32.1. The van der Waals surface area contributed by atoms with Gasteiger partial charge in [-0.2, -0.15) is 0 Å². The molecule has 2 atom stereocenters. The number of carbonyl (C=O) groups is 2. The Kier molecular flexibility index (Phi) is 10.0. The van der Waals surface area contributed by atoms with E-state index in [0.29, 0.717) is 16.4 Å². The van der Waals surface area contributed by atoms with Gasteiger partial charge >= 0.3 is 12.7 Å². The zero-order valence-corrected chi connectivity index (χ0v) is 25.2. The van der Waals surface area contributed by atoms with Crippen molar-refractivity contribution in [1.29, 1.82) is 0 Å². The van der Waals surface area contributed by atoms with Crippen LogP contribution in [0.5, 0.6) is 11.5 Å². The summed E-state index contributed by atoms with van der Waals surface area (Å²) >= 11 is 2.35. The van der Waals surface area contributed by atoms with Crippen LogP contribution in [0.15, 0.2) is 48.5 Å². The van der Waals surface area contributed by atoms with Crippen molar-refractivity contribution in [2.45, 2.75) is 63.1 Å². The molecule has 2 amide bonds. The highest BCUT2D eigenvalue weighted by Gasteiger charge is 2.34. The summed E-state index contributed by atoms with van der Waals surface area (Å²) in [7, 11) is 0. The number of rotatable bonds is 10. The Bertz CT molecular complexity index is 1560. The lowest BCUT2D eigenvalue weighted by Crippen LogP contribution is -2.20. The Morgan fingerprint density at radius 2 is 1.11 bits per heavy atom. The number of carbonyl (C=O) groups excluding carboxylic acids is 2. The lowest BCUT2D eigenvalue weighted by atomic mass is 9.82. The standard InChI is InChI=1S/C28H24F6N6O4S2/c29-27(30,31)43-19-10-3-1-6-15(19)13-21(41)35-25-39-37-23(45-25)17-8-5-9-18(12-17)24-38-40-26(46-24)36-22(42)14-16-7-2-4-11-20(16)44-28(32,33)34/h1-4,6-7,10-11,17-18H,5,8-9,12-14H2,(H,35,39,41)(H,36,40,42)/t17-,18-/m0/s1. The van der Waals surface area contributed by atoms with Crippen molar-refractivity contribution in [3.8, 4) is 11.5 Å². The van der Waals surface area contributed by atoms with Crippen LogP contribution < -0.4 is 20.1 Å². The molecule has 1 aliphatic carbocycles. The van der Waals surface area contributed by atoms with Crippen LogP contribution in [0.4, 0.5) is 36.6 Å². The number of anilines is 2. The molecule has 1 fully saturated rings. The van der Waals surface area contributed by atoms with Crippen LogP contribution in [0.1, 0.15) is 58.7 Å². The van der Waals surface area contributed by atoms with E-state index in [2.05, 4.69) is 40.5 Å². The van der Waals surface area contributed by atoms with Crippen molar-refractivity contribution in [2.75, 3.05) is 10.6 Å². The lowest BCUT2D eigenvalue weighted by molar-refractivity contribution is -0.275. The number of hydrogen-bond donors (Lipinski definition) is 2. The van der Waals surface area contributed by atoms with Crippen LogP contribution in [-0.2, 0) is 22.4 Å². The van der Waals surface area contributed by atoms with E-state index < -0.39 is 36.0 Å². The summed E-state index contributed by atoms with van der Waals surface area (Å²) in [6, 6.07) is 10.7. The number of nitrogens with one attached hydrogen (secondary N) is 2. The molecular formula is C28H24F6N6O4S2. The largest absolute Gasteiger partial charge is 0.573 e. The molecule has 4 aromatic rings. The average Bonchev–Trinajstić information content (AvgIpc) is 3.64. The van der Waals surface area contributed by atoms with Crippen LogP contribution in [0.3, 0.4) is 0 Å². The summed E-state index contributed by atoms with van der Waals surface area (Å²) in [6.45, 7) is 0. The van der Waals surface area contributed by atoms with Gasteiger partial charge in [0.25, 0.3) is 0 Å². The Balaban J connectivity index is 1.15. The number of alkyl halides is 6. The summed E-state index contributed by atoms with van der Waals surface area (Å²) in [5.74, 6) is -2.09. The molecule has 0 aliphatic heterocycles. The van der Waals surface area contributed by atoms with Gasteiger partial charge in [-0.15, -0.1) is 46.7 Å². The van der Waals surface area contributed by atoms with Crippen LogP contribution >= 0.6 is 22.7 Å². The number of ether oxygens (including phenoxy) is 2. The molecule has 0 unspecified atom stereocenters. The predicted octanol–water partition coefficient (Wildman–Crippen LogP) is 6.99. The summed E-state index contributed by atoms with van der Waals surface area (Å²) in [6.07, 6.45) is -7.42. The number of aromatic nitrogens is 4. The minimum Gasteiger partial charge on any atom is -0.405 e. The van der Waals surface area contributed by atoms with Gasteiger partial charge in [0.2, 0.25) is 22.1 Å². The first kappa shape index (κ1) is 33.1. The maximum atomic E-state index is 12.7. The summed E-state index contributed by atoms with van der Waals surface area (Å²) in [4.78, 5) is 25.1. The van der Waals surface area contributed by atoms with E-state index in [0.717, 1.165) is 31.4 Å². The fraction of sp³-hybridized carbons (Fsp3) is 0.357. The van der Waals surface area contributed by atoms with E-state index in [-0.39, 0.29) is 46.1 Å². The molecule has 1 aliphatic rings. The minimum absolute atomic E-state index is 0.00473. The van der Waals surface area contributed by atoms with Gasteiger partial charge in [-0.25, -0.2) is 0 Å². The Morgan fingerprint density at radius 1 is 0.696 bits per heavy atom. The molecule has 0 saturated heterocycles. The fourth-order valence-corrected chi connectivity index (χ4v) is 6.77. The first-order valence-electron chi connectivity index (χ1n) is 13.7. The Labute approximate surface area is 265 Å². The monoisotopic (exact) mass is 686 g/mol. The second kappa shape index (κ2) is 14.0. The van der Waals surface area contributed by atoms with Gasteiger partial charge in [0.05, 0.1) is 12.8 Å². The third-order valence-electron chi connectivity index (χ3n) is 6.85. The van der Waals surface area contributed by atoms with Crippen molar-refractivity contribution in [3.63, 3.8) is 0 Å². The number of nitrogens with zero attached hydrogens (tertiary/aromatic N) is 4. The number of benzene rings is 2. The SMILES string of the molecule is O=C(Cc1ccccc1OC(F)(F)F)Nc1nnc([C@H]2CCC[C@H](c3nnc(NC(=O)Cc4ccccc4OC(F)(F)F)s3)C2)s1. The second-order valence-corrected chi connectivity index (χ2v) is 12.2. The number of amides is 2. The molecule has 0 radical (unpaired) electrons. The highest BCUT2D eigenvalue weighted by molar-refractivity contribution is 7.15. The van der Waals surface area contributed by atoms with Crippen LogP contribution in [0, 0.1) is 0 Å². The molecule has 0 bridgehead atoms. The van der Waals surface area contributed by atoms with Crippen LogP contribution in [0.2, 0.25) is 0 Å². The molecule has 2 aromatic heterocycles. The van der Waals surface area contributed by atoms with Gasteiger partial charge in [0.1, 0.15) is 21.5 Å². The van der Waals surface area contributed by atoms with E-state index in [4.69, 9.17) is 0 Å². The first-order chi connectivity index (χ1) is 21.8. The maximum absolute atomic E-state index is 12.7. The van der Waals surface area contributed by atoms with E-state index in [9.17, 15) is 35.9 Å². The molecule has 18 heteroatoms. The van der Waals surface area contributed by atoms with Crippen molar-refractivity contribution < 1.29 is 45.4 Å². The molecule has 244 valence electrons. The average molecular weight is 687 g/mol. The van der Waals surface area contributed by atoms with Gasteiger partial charge in [-0.3, -0.25) is 9.59 Å². The highest BCUT2D eigenvalue weighted by Crippen LogP contribution is 2.43. The molecule has 2 heterocycles. The van der Waals surface area contributed by atoms with Gasteiger partial charge in [-0.05, 0) is 31.4 Å². The van der Waals surface area contributed by atoms with Crippen molar-refractivity contribution >= 4 is 44.8 Å². The summed E-state index contributed by atoms with van der Waals surface area (Å²) in [5.41, 5.74) is 0.121. The zero-order chi connectivity index (χ0) is 32.9. The predicted molar refractivity (Wildman–Crippen MR) is 155 cm³/mol. The summed E-state index contributed by atoms with van der Waals surface area (Å²) in [5, 5.41) is 23.4. The molecule has 5 rings (SSSR count). The molecule has 1 saturated carbocycles. The molecule has 2 aromatic carbocycles.